The van der Waals surface area contributed by atoms with Crippen LogP contribution in [0.3, 0.4) is 0 Å². The number of carbonyl (C=O) groups is 2. The number of hydrogen-bond acceptors (Lipinski definition) is 6. The van der Waals surface area contributed by atoms with Crippen molar-refractivity contribution in [3.8, 4) is 18.1 Å². The Morgan fingerprint density at radius 1 is 1.24 bits per heavy atom. The molecule has 3 rings (SSSR count). The predicted octanol–water partition coefficient (Wildman–Crippen LogP) is 2.08. The fourth-order valence-electron chi connectivity index (χ4n) is 4.16. The van der Waals surface area contributed by atoms with Crippen LogP contribution in [0.15, 0.2) is 23.2 Å². The van der Waals surface area contributed by atoms with Crippen LogP contribution in [0.4, 0.5) is 0 Å². The van der Waals surface area contributed by atoms with Crippen molar-refractivity contribution in [1.29, 1.82) is 0 Å². The molecule has 2 heterocycles. The maximum Gasteiger partial charge on any atom is 0.263 e. The number of carbonyl (C=O) groups excluding carboxylic acids is 2. The summed E-state index contributed by atoms with van der Waals surface area (Å²) in [5.74, 6) is 1.04. The molecule has 10 heteroatoms. The standard InChI is InChI=1S/C23H29N3O5S2/c1-5-9-26-19-8-7-18(31-6-2)11-20(19)32-23(26)24-21(27)14-33(29,30)15-22(28)25-12-16(3)10-17(4)13-25/h1,7-8,11,16-17H,6,9-10,12-15H2,2-4H3. The number of fused-ring (bicyclic) bond motifs is 1. The zero-order valence-corrected chi connectivity index (χ0v) is 20.7. The summed E-state index contributed by atoms with van der Waals surface area (Å²) in [4.78, 5) is 31.0. The third-order valence-electron chi connectivity index (χ3n) is 5.34. The summed E-state index contributed by atoms with van der Waals surface area (Å²) in [6, 6.07) is 5.46. The van der Waals surface area contributed by atoms with Crippen molar-refractivity contribution in [3.63, 3.8) is 0 Å². The molecular formula is C23H29N3O5S2. The molecule has 8 nitrogen and oxygen atoms in total. The van der Waals surface area contributed by atoms with Gasteiger partial charge in [0.15, 0.2) is 14.6 Å². The van der Waals surface area contributed by atoms with Gasteiger partial charge in [0, 0.05) is 13.1 Å². The van der Waals surface area contributed by atoms with Crippen LogP contribution in [-0.2, 0) is 26.0 Å². The second-order valence-corrected chi connectivity index (χ2v) is 11.6. The lowest BCUT2D eigenvalue weighted by Gasteiger charge is -2.34. The fraction of sp³-hybridized carbons (Fsp3) is 0.522. The van der Waals surface area contributed by atoms with Gasteiger partial charge < -0.3 is 14.2 Å². The third-order valence-corrected chi connectivity index (χ3v) is 7.76. The first kappa shape index (κ1) is 25.0. The van der Waals surface area contributed by atoms with E-state index in [1.54, 1.807) is 15.5 Å². The molecule has 1 saturated heterocycles. The average Bonchev–Trinajstić information content (AvgIpc) is 3.03. The molecule has 1 fully saturated rings. The molecule has 2 atom stereocenters. The molecule has 2 amide bonds. The monoisotopic (exact) mass is 491 g/mol. The number of amides is 2. The number of hydrogen-bond donors (Lipinski definition) is 0. The highest BCUT2D eigenvalue weighted by Gasteiger charge is 2.29. The van der Waals surface area contributed by atoms with Gasteiger partial charge in [0.05, 0.1) is 23.4 Å². The molecule has 2 unspecified atom stereocenters. The van der Waals surface area contributed by atoms with E-state index in [1.807, 2.05) is 32.9 Å². The zero-order chi connectivity index (χ0) is 24.2. The minimum Gasteiger partial charge on any atom is -0.494 e. The largest absolute Gasteiger partial charge is 0.494 e. The lowest BCUT2D eigenvalue weighted by atomic mass is 9.92. The highest BCUT2D eigenvalue weighted by atomic mass is 32.2. The first-order valence-electron chi connectivity index (χ1n) is 10.9. The fourth-order valence-corrected chi connectivity index (χ4v) is 6.34. The van der Waals surface area contributed by atoms with Gasteiger partial charge in [0.1, 0.15) is 17.3 Å². The molecule has 2 aromatic rings. The topological polar surface area (TPSA) is 98.0 Å². The smallest absolute Gasteiger partial charge is 0.263 e. The van der Waals surface area contributed by atoms with Crippen LogP contribution in [-0.4, -0.2) is 60.9 Å². The quantitative estimate of drug-likeness (QED) is 0.553. The highest BCUT2D eigenvalue weighted by Crippen LogP contribution is 2.24. The van der Waals surface area contributed by atoms with Crippen molar-refractivity contribution >= 4 is 43.2 Å². The number of thiazole rings is 1. The first-order chi connectivity index (χ1) is 15.6. The van der Waals surface area contributed by atoms with Gasteiger partial charge >= 0.3 is 0 Å². The second kappa shape index (κ2) is 10.5. The number of nitrogens with zero attached hydrogens (tertiary/aromatic N) is 3. The summed E-state index contributed by atoms with van der Waals surface area (Å²) >= 11 is 1.23. The Hall–Kier alpha value is -2.64. The minimum atomic E-state index is -3.95. The zero-order valence-electron chi connectivity index (χ0n) is 19.1. The van der Waals surface area contributed by atoms with E-state index in [4.69, 9.17) is 11.2 Å². The van der Waals surface area contributed by atoms with Gasteiger partial charge in [-0.1, -0.05) is 31.1 Å². The van der Waals surface area contributed by atoms with Gasteiger partial charge in [-0.25, -0.2) is 8.42 Å². The van der Waals surface area contributed by atoms with Crippen LogP contribution < -0.4 is 9.54 Å². The van der Waals surface area contributed by atoms with E-state index in [1.165, 1.54) is 11.3 Å². The summed E-state index contributed by atoms with van der Waals surface area (Å²) in [5, 5.41) is 0. The lowest BCUT2D eigenvalue weighted by molar-refractivity contribution is -0.131. The van der Waals surface area contributed by atoms with Crippen LogP contribution >= 0.6 is 11.3 Å². The molecule has 0 saturated carbocycles. The molecule has 1 aromatic heterocycles. The Balaban J connectivity index is 1.79. The molecular weight excluding hydrogens is 462 g/mol. The molecule has 0 spiro atoms. The van der Waals surface area contributed by atoms with Gasteiger partial charge in [-0.05, 0) is 43.4 Å². The van der Waals surface area contributed by atoms with Crippen molar-refractivity contribution in [1.82, 2.24) is 9.47 Å². The van der Waals surface area contributed by atoms with Gasteiger partial charge in [0.2, 0.25) is 5.91 Å². The highest BCUT2D eigenvalue weighted by molar-refractivity contribution is 7.92. The second-order valence-electron chi connectivity index (χ2n) is 8.52. The molecule has 178 valence electrons. The molecule has 1 aromatic carbocycles. The molecule has 1 aliphatic rings. The van der Waals surface area contributed by atoms with Gasteiger partial charge in [-0.3, -0.25) is 9.59 Å². The Kier molecular flexibility index (Phi) is 7.97. The molecule has 0 bridgehead atoms. The number of benzene rings is 1. The van der Waals surface area contributed by atoms with Crippen LogP contribution in [0.25, 0.3) is 10.2 Å². The van der Waals surface area contributed by atoms with Crippen molar-refractivity contribution in [2.75, 3.05) is 31.2 Å². The van der Waals surface area contributed by atoms with E-state index in [9.17, 15) is 18.0 Å². The Morgan fingerprint density at radius 3 is 2.58 bits per heavy atom. The molecule has 1 aliphatic heterocycles. The van der Waals surface area contributed by atoms with Crippen LogP contribution in [0.1, 0.15) is 27.2 Å². The number of sulfone groups is 1. The number of terminal acetylenes is 1. The third kappa shape index (κ3) is 6.45. The molecule has 0 radical (unpaired) electrons. The summed E-state index contributed by atoms with van der Waals surface area (Å²) in [6.07, 6.45) is 6.49. The van der Waals surface area contributed by atoms with Crippen LogP contribution in [0.2, 0.25) is 0 Å². The number of likely N-dealkylation sites (tertiary alicyclic amines) is 1. The van der Waals surface area contributed by atoms with E-state index in [2.05, 4.69) is 10.9 Å². The predicted molar refractivity (Wildman–Crippen MR) is 129 cm³/mol. The lowest BCUT2D eigenvalue weighted by Crippen LogP contribution is -2.45. The van der Waals surface area contributed by atoms with E-state index in [0.717, 1.165) is 16.6 Å². The first-order valence-corrected chi connectivity index (χ1v) is 13.5. The normalized spacial score (nSPS) is 19.5. The van der Waals surface area contributed by atoms with Crippen molar-refractivity contribution < 1.29 is 22.7 Å². The average molecular weight is 492 g/mol. The van der Waals surface area contributed by atoms with Gasteiger partial charge in [-0.2, -0.15) is 4.99 Å². The van der Waals surface area contributed by atoms with Crippen LogP contribution in [0.5, 0.6) is 5.75 Å². The maximum atomic E-state index is 12.6. The number of ether oxygens (including phenoxy) is 1. The van der Waals surface area contributed by atoms with Crippen molar-refractivity contribution in [2.24, 2.45) is 16.8 Å². The molecule has 33 heavy (non-hydrogen) atoms. The van der Waals surface area contributed by atoms with Gasteiger partial charge in [-0.15, -0.1) is 6.42 Å². The summed E-state index contributed by atoms with van der Waals surface area (Å²) in [6.45, 7) is 7.73. The molecule has 0 N–H and O–H groups in total. The van der Waals surface area contributed by atoms with E-state index in [-0.39, 0.29) is 6.54 Å². The van der Waals surface area contributed by atoms with Gasteiger partial charge in [0.25, 0.3) is 5.91 Å². The Morgan fingerprint density at radius 2 is 1.94 bits per heavy atom. The van der Waals surface area contributed by atoms with E-state index >= 15 is 0 Å². The summed E-state index contributed by atoms with van der Waals surface area (Å²) in [5.41, 5.74) is 0.777. The Labute approximate surface area is 198 Å². The number of aromatic nitrogens is 1. The van der Waals surface area contributed by atoms with Crippen molar-refractivity contribution in [3.05, 3.63) is 23.0 Å². The number of piperidine rings is 1. The number of rotatable bonds is 7. The minimum absolute atomic E-state index is 0.177. The summed E-state index contributed by atoms with van der Waals surface area (Å²) < 4.78 is 33.1. The summed E-state index contributed by atoms with van der Waals surface area (Å²) in [7, 11) is -3.95. The van der Waals surface area contributed by atoms with E-state index < -0.39 is 33.2 Å². The van der Waals surface area contributed by atoms with Crippen molar-refractivity contribution in [2.45, 2.75) is 33.7 Å². The van der Waals surface area contributed by atoms with E-state index in [0.29, 0.717) is 42.1 Å². The maximum absolute atomic E-state index is 12.6. The van der Waals surface area contributed by atoms with Crippen LogP contribution in [0, 0.1) is 24.2 Å². The Bertz CT molecular complexity index is 1240. The SMILES string of the molecule is C#CCn1c(=NC(=O)CS(=O)(=O)CC(=O)N2CC(C)CC(C)C2)sc2cc(OCC)ccc21. The molecule has 0 aliphatic carbocycles.